The van der Waals surface area contributed by atoms with Crippen LogP contribution in [0.2, 0.25) is 0 Å². The van der Waals surface area contributed by atoms with Gasteiger partial charge in [0.1, 0.15) is 5.75 Å². The molecule has 0 aliphatic carbocycles. The van der Waals surface area contributed by atoms with E-state index < -0.39 is 0 Å². The Morgan fingerprint density at radius 2 is 2.12 bits per heavy atom. The summed E-state index contributed by atoms with van der Waals surface area (Å²) in [7, 11) is 0. The maximum absolute atomic E-state index is 9.12. The maximum atomic E-state index is 9.12. The molecule has 1 fully saturated rings. The lowest BCUT2D eigenvalue weighted by atomic mass is 9.81. The van der Waals surface area contributed by atoms with E-state index in [4.69, 9.17) is 9.84 Å². The predicted molar refractivity (Wildman–Crippen MR) is 66.2 cm³/mol. The molecule has 0 aromatic heterocycles. The molecular weight excluding hydrogens is 214 g/mol. The fourth-order valence-corrected chi connectivity index (χ4v) is 3.01. The van der Waals surface area contributed by atoms with E-state index in [0.717, 1.165) is 36.9 Å². The lowest BCUT2D eigenvalue weighted by molar-refractivity contribution is 0.253. The van der Waals surface area contributed by atoms with Crippen LogP contribution < -0.4 is 10.1 Å². The molecule has 0 bridgehead atoms. The fourth-order valence-electron chi connectivity index (χ4n) is 3.01. The SMILES string of the molecule is OCc1ccc2c(c1)OCC2C1CCNCC1. The number of aliphatic hydroxyl groups excluding tert-OH is 1. The molecule has 0 radical (unpaired) electrons. The zero-order valence-corrected chi connectivity index (χ0v) is 9.98. The number of ether oxygens (including phenoxy) is 1. The molecule has 3 nitrogen and oxygen atoms in total. The Labute approximate surface area is 102 Å². The third kappa shape index (κ3) is 2.05. The van der Waals surface area contributed by atoms with Crippen LogP contribution in [0.4, 0.5) is 0 Å². The summed E-state index contributed by atoms with van der Waals surface area (Å²) in [5.41, 5.74) is 2.28. The average Bonchev–Trinajstić information content (AvgIpc) is 2.82. The van der Waals surface area contributed by atoms with Gasteiger partial charge in [-0.1, -0.05) is 12.1 Å². The van der Waals surface area contributed by atoms with Crippen LogP contribution in [0.25, 0.3) is 0 Å². The number of benzene rings is 1. The van der Waals surface area contributed by atoms with Crippen LogP contribution >= 0.6 is 0 Å². The van der Waals surface area contributed by atoms with Crippen molar-refractivity contribution in [1.82, 2.24) is 5.32 Å². The van der Waals surface area contributed by atoms with Crippen LogP contribution in [0.15, 0.2) is 18.2 Å². The van der Waals surface area contributed by atoms with Crippen molar-refractivity contribution in [2.75, 3.05) is 19.7 Å². The van der Waals surface area contributed by atoms with Gasteiger partial charge in [-0.25, -0.2) is 0 Å². The predicted octanol–water partition coefficient (Wildman–Crippen LogP) is 1.65. The Morgan fingerprint density at radius 1 is 1.29 bits per heavy atom. The van der Waals surface area contributed by atoms with E-state index in [1.54, 1.807) is 0 Å². The zero-order chi connectivity index (χ0) is 11.7. The highest BCUT2D eigenvalue weighted by atomic mass is 16.5. The number of hydrogen-bond acceptors (Lipinski definition) is 3. The molecule has 0 saturated carbocycles. The van der Waals surface area contributed by atoms with E-state index in [2.05, 4.69) is 11.4 Å². The first-order valence-electron chi connectivity index (χ1n) is 6.45. The lowest BCUT2D eigenvalue weighted by Crippen LogP contribution is -2.31. The van der Waals surface area contributed by atoms with Crippen LogP contribution in [0.1, 0.15) is 29.9 Å². The van der Waals surface area contributed by atoms with Crippen LogP contribution in [-0.4, -0.2) is 24.8 Å². The monoisotopic (exact) mass is 233 g/mol. The second kappa shape index (κ2) is 4.67. The van der Waals surface area contributed by atoms with Crippen molar-refractivity contribution in [2.24, 2.45) is 5.92 Å². The Morgan fingerprint density at radius 3 is 2.88 bits per heavy atom. The van der Waals surface area contributed by atoms with Gasteiger partial charge in [-0.05, 0) is 43.5 Å². The van der Waals surface area contributed by atoms with Crippen molar-refractivity contribution < 1.29 is 9.84 Å². The van der Waals surface area contributed by atoms with Gasteiger partial charge in [0.15, 0.2) is 0 Å². The number of fused-ring (bicyclic) bond motifs is 1. The third-order valence-corrected chi connectivity index (χ3v) is 4.03. The number of piperidine rings is 1. The van der Waals surface area contributed by atoms with E-state index in [9.17, 15) is 0 Å². The zero-order valence-electron chi connectivity index (χ0n) is 9.98. The average molecular weight is 233 g/mol. The van der Waals surface area contributed by atoms with Crippen LogP contribution in [-0.2, 0) is 6.61 Å². The summed E-state index contributed by atoms with van der Waals surface area (Å²) in [4.78, 5) is 0. The van der Waals surface area contributed by atoms with Gasteiger partial charge in [0, 0.05) is 11.5 Å². The standard InChI is InChI=1S/C14H19NO2/c16-8-10-1-2-12-13(9-17-14(12)7-10)11-3-5-15-6-4-11/h1-2,7,11,13,15-16H,3-6,8-9H2. The summed E-state index contributed by atoms with van der Waals surface area (Å²) in [6.07, 6.45) is 2.49. The molecule has 2 aliphatic rings. The molecule has 0 amide bonds. The molecule has 3 rings (SSSR count). The van der Waals surface area contributed by atoms with Gasteiger partial charge >= 0.3 is 0 Å². The minimum Gasteiger partial charge on any atom is -0.493 e. The van der Waals surface area contributed by atoms with E-state index in [1.807, 2.05) is 12.1 Å². The summed E-state index contributed by atoms with van der Waals surface area (Å²) >= 11 is 0. The third-order valence-electron chi connectivity index (χ3n) is 4.03. The van der Waals surface area contributed by atoms with Gasteiger partial charge in [0.2, 0.25) is 0 Å². The molecule has 2 N–H and O–H groups in total. The van der Waals surface area contributed by atoms with E-state index in [-0.39, 0.29) is 6.61 Å². The van der Waals surface area contributed by atoms with Crippen molar-refractivity contribution in [1.29, 1.82) is 0 Å². The van der Waals surface area contributed by atoms with Gasteiger partial charge in [-0.15, -0.1) is 0 Å². The highest BCUT2D eigenvalue weighted by molar-refractivity contribution is 5.43. The quantitative estimate of drug-likeness (QED) is 0.816. The Hall–Kier alpha value is -1.06. The van der Waals surface area contributed by atoms with Gasteiger partial charge in [0.05, 0.1) is 13.2 Å². The molecular formula is C14H19NO2. The van der Waals surface area contributed by atoms with Gasteiger partial charge < -0.3 is 15.2 Å². The van der Waals surface area contributed by atoms with Crippen molar-refractivity contribution >= 4 is 0 Å². The van der Waals surface area contributed by atoms with Gasteiger partial charge in [0.25, 0.3) is 0 Å². The first kappa shape index (κ1) is 11.1. The van der Waals surface area contributed by atoms with E-state index in [0.29, 0.717) is 5.92 Å². The normalized spacial score (nSPS) is 24.4. The Kier molecular flexibility index (Phi) is 3.04. The fraction of sp³-hybridized carbons (Fsp3) is 0.571. The summed E-state index contributed by atoms with van der Waals surface area (Å²) < 4.78 is 5.78. The summed E-state index contributed by atoms with van der Waals surface area (Å²) in [6, 6.07) is 6.14. The molecule has 2 heterocycles. The molecule has 1 aromatic rings. The molecule has 2 aliphatic heterocycles. The minimum absolute atomic E-state index is 0.0919. The number of aliphatic hydroxyl groups is 1. The van der Waals surface area contributed by atoms with Crippen LogP contribution in [0.5, 0.6) is 5.75 Å². The first-order chi connectivity index (χ1) is 8.38. The maximum Gasteiger partial charge on any atom is 0.123 e. The summed E-state index contributed by atoms with van der Waals surface area (Å²) in [5, 5.41) is 12.5. The summed E-state index contributed by atoms with van der Waals surface area (Å²) in [6.45, 7) is 3.17. The van der Waals surface area contributed by atoms with E-state index >= 15 is 0 Å². The van der Waals surface area contributed by atoms with E-state index in [1.165, 1.54) is 18.4 Å². The molecule has 17 heavy (non-hydrogen) atoms. The number of rotatable bonds is 2. The number of nitrogens with one attached hydrogen (secondary N) is 1. The van der Waals surface area contributed by atoms with Crippen molar-refractivity contribution in [3.63, 3.8) is 0 Å². The first-order valence-corrected chi connectivity index (χ1v) is 6.45. The number of hydrogen-bond donors (Lipinski definition) is 2. The molecule has 92 valence electrons. The van der Waals surface area contributed by atoms with Crippen molar-refractivity contribution in [2.45, 2.75) is 25.4 Å². The second-order valence-electron chi connectivity index (χ2n) is 5.04. The highest BCUT2D eigenvalue weighted by Gasteiger charge is 2.32. The summed E-state index contributed by atoms with van der Waals surface area (Å²) in [5.74, 6) is 2.29. The van der Waals surface area contributed by atoms with Crippen molar-refractivity contribution in [3.05, 3.63) is 29.3 Å². The molecule has 1 unspecified atom stereocenters. The van der Waals surface area contributed by atoms with Crippen molar-refractivity contribution in [3.8, 4) is 5.75 Å². The Balaban J connectivity index is 1.82. The lowest BCUT2D eigenvalue weighted by Gasteiger charge is -2.27. The molecule has 1 aromatic carbocycles. The smallest absolute Gasteiger partial charge is 0.123 e. The van der Waals surface area contributed by atoms with Gasteiger partial charge in [-0.3, -0.25) is 0 Å². The second-order valence-corrected chi connectivity index (χ2v) is 5.04. The topological polar surface area (TPSA) is 41.5 Å². The molecule has 1 atom stereocenters. The molecule has 0 spiro atoms. The highest BCUT2D eigenvalue weighted by Crippen LogP contribution is 2.41. The largest absolute Gasteiger partial charge is 0.493 e. The van der Waals surface area contributed by atoms with Crippen LogP contribution in [0, 0.1) is 5.92 Å². The van der Waals surface area contributed by atoms with Crippen LogP contribution in [0.3, 0.4) is 0 Å². The minimum atomic E-state index is 0.0919. The van der Waals surface area contributed by atoms with Gasteiger partial charge in [-0.2, -0.15) is 0 Å². The molecule has 1 saturated heterocycles. The Bertz CT molecular complexity index is 399. The molecule has 3 heteroatoms.